The standard InChI is InChI=1S/C18H23N3O3/c1-19-7-9-21(10-8-19)17(22)12-20(2)18(23)15-11-14-5-3-4-6-16(14)24-13-15/h3-6,11H,7-10,12-13H2,1-2H3. The van der Waals surface area contributed by atoms with Crippen molar-refractivity contribution in [3.05, 3.63) is 35.4 Å². The predicted octanol–water partition coefficient (Wildman–Crippen LogP) is 0.695. The zero-order valence-corrected chi connectivity index (χ0v) is 14.2. The molecule has 0 atom stereocenters. The maximum atomic E-state index is 12.6. The van der Waals surface area contributed by atoms with E-state index in [9.17, 15) is 9.59 Å². The van der Waals surface area contributed by atoms with Crippen LogP contribution >= 0.6 is 0 Å². The molecule has 24 heavy (non-hydrogen) atoms. The summed E-state index contributed by atoms with van der Waals surface area (Å²) in [5.41, 5.74) is 1.47. The van der Waals surface area contributed by atoms with Crippen LogP contribution in [0.4, 0.5) is 0 Å². The molecule has 0 bridgehead atoms. The molecule has 0 unspecified atom stereocenters. The quantitative estimate of drug-likeness (QED) is 0.819. The van der Waals surface area contributed by atoms with Crippen molar-refractivity contribution in [2.75, 3.05) is 53.4 Å². The molecule has 0 N–H and O–H groups in total. The SMILES string of the molecule is CN1CCN(C(=O)CN(C)C(=O)C2=Cc3ccccc3OC2)CC1. The van der Waals surface area contributed by atoms with E-state index >= 15 is 0 Å². The van der Waals surface area contributed by atoms with Crippen molar-refractivity contribution in [3.63, 3.8) is 0 Å². The first-order chi connectivity index (χ1) is 11.5. The number of nitrogens with zero attached hydrogens (tertiary/aromatic N) is 3. The molecule has 1 fully saturated rings. The topological polar surface area (TPSA) is 53.1 Å². The summed E-state index contributed by atoms with van der Waals surface area (Å²) in [6.07, 6.45) is 1.85. The molecule has 3 rings (SSSR count). The van der Waals surface area contributed by atoms with Crippen molar-refractivity contribution in [1.29, 1.82) is 0 Å². The first-order valence-electron chi connectivity index (χ1n) is 8.19. The molecule has 0 radical (unpaired) electrons. The van der Waals surface area contributed by atoms with Crippen molar-refractivity contribution in [2.24, 2.45) is 0 Å². The zero-order chi connectivity index (χ0) is 17.1. The number of para-hydroxylation sites is 1. The van der Waals surface area contributed by atoms with Crippen LogP contribution in [-0.2, 0) is 9.59 Å². The lowest BCUT2D eigenvalue weighted by Crippen LogP contribution is -2.50. The molecule has 6 nitrogen and oxygen atoms in total. The molecule has 1 aromatic rings. The molecule has 2 aliphatic rings. The van der Waals surface area contributed by atoms with Gasteiger partial charge >= 0.3 is 0 Å². The maximum absolute atomic E-state index is 12.6. The number of fused-ring (bicyclic) bond motifs is 1. The van der Waals surface area contributed by atoms with Crippen LogP contribution in [0.15, 0.2) is 29.8 Å². The number of likely N-dealkylation sites (N-methyl/N-ethyl adjacent to an activating group) is 2. The van der Waals surface area contributed by atoms with E-state index < -0.39 is 0 Å². The molecule has 6 heteroatoms. The summed E-state index contributed by atoms with van der Waals surface area (Å²) in [6.45, 7) is 3.52. The van der Waals surface area contributed by atoms with E-state index in [1.165, 1.54) is 4.90 Å². The second kappa shape index (κ2) is 7.05. The van der Waals surface area contributed by atoms with Crippen molar-refractivity contribution in [3.8, 4) is 5.75 Å². The van der Waals surface area contributed by atoms with E-state index in [0.717, 1.165) is 37.5 Å². The van der Waals surface area contributed by atoms with Crippen LogP contribution in [0.25, 0.3) is 6.08 Å². The summed E-state index contributed by atoms with van der Waals surface area (Å²) in [4.78, 5) is 30.4. The number of rotatable bonds is 3. The molecular formula is C18H23N3O3. The first kappa shape index (κ1) is 16.5. The highest BCUT2D eigenvalue weighted by molar-refractivity contribution is 6.00. The number of piperazine rings is 1. The molecule has 0 aliphatic carbocycles. The van der Waals surface area contributed by atoms with Gasteiger partial charge in [-0.15, -0.1) is 0 Å². The van der Waals surface area contributed by atoms with Gasteiger partial charge in [-0.1, -0.05) is 18.2 Å². The highest BCUT2D eigenvalue weighted by atomic mass is 16.5. The Hall–Kier alpha value is -2.34. The third-order valence-corrected chi connectivity index (χ3v) is 4.48. The molecule has 2 aliphatic heterocycles. The molecule has 128 valence electrons. The fourth-order valence-electron chi connectivity index (χ4n) is 2.92. The summed E-state index contributed by atoms with van der Waals surface area (Å²) >= 11 is 0. The Morgan fingerprint density at radius 3 is 2.62 bits per heavy atom. The Kier molecular flexibility index (Phi) is 4.85. The minimum absolute atomic E-state index is 0.00308. The fourth-order valence-corrected chi connectivity index (χ4v) is 2.92. The van der Waals surface area contributed by atoms with Crippen LogP contribution in [0.1, 0.15) is 5.56 Å². The Balaban J connectivity index is 1.61. The number of carbonyl (C=O) groups is 2. The van der Waals surface area contributed by atoms with Crippen molar-refractivity contribution < 1.29 is 14.3 Å². The van der Waals surface area contributed by atoms with Crippen LogP contribution in [0.2, 0.25) is 0 Å². The van der Waals surface area contributed by atoms with Crippen LogP contribution in [0.5, 0.6) is 5.75 Å². The van der Waals surface area contributed by atoms with Gasteiger partial charge in [-0.2, -0.15) is 0 Å². The summed E-state index contributed by atoms with van der Waals surface area (Å²) in [6, 6.07) is 7.61. The van der Waals surface area contributed by atoms with Gasteiger partial charge in [0.2, 0.25) is 5.91 Å². The summed E-state index contributed by atoms with van der Waals surface area (Å²) in [5.74, 6) is 0.619. The monoisotopic (exact) mass is 329 g/mol. The maximum Gasteiger partial charge on any atom is 0.253 e. The van der Waals surface area contributed by atoms with Crippen molar-refractivity contribution in [2.45, 2.75) is 0 Å². The van der Waals surface area contributed by atoms with Crippen LogP contribution in [0, 0.1) is 0 Å². The number of ether oxygens (including phenoxy) is 1. The van der Waals surface area contributed by atoms with Gasteiger partial charge in [0, 0.05) is 38.8 Å². The molecule has 1 aromatic carbocycles. The first-order valence-corrected chi connectivity index (χ1v) is 8.19. The number of hydrogen-bond acceptors (Lipinski definition) is 4. The van der Waals surface area contributed by atoms with Gasteiger partial charge < -0.3 is 19.4 Å². The van der Waals surface area contributed by atoms with Crippen molar-refractivity contribution in [1.82, 2.24) is 14.7 Å². The Morgan fingerprint density at radius 2 is 1.88 bits per heavy atom. The average molecular weight is 329 g/mol. The minimum Gasteiger partial charge on any atom is -0.488 e. The molecule has 0 spiro atoms. The van der Waals surface area contributed by atoms with E-state index in [4.69, 9.17) is 4.74 Å². The van der Waals surface area contributed by atoms with Gasteiger partial charge in [0.1, 0.15) is 12.4 Å². The molecule has 0 aromatic heterocycles. The average Bonchev–Trinajstić information content (AvgIpc) is 2.61. The van der Waals surface area contributed by atoms with Crippen LogP contribution in [-0.4, -0.2) is 79.9 Å². The van der Waals surface area contributed by atoms with Gasteiger partial charge in [-0.3, -0.25) is 9.59 Å². The molecular weight excluding hydrogens is 306 g/mol. The lowest BCUT2D eigenvalue weighted by Gasteiger charge is -2.33. The highest BCUT2D eigenvalue weighted by Gasteiger charge is 2.24. The fraction of sp³-hybridized carbons (Fsp3) is 0.444. The van der Waals surface area contributed by atoms with Crippen LogP contribution in [0.3, 0.4) is 0 Å². The lowest BCUT2D eigenvalue weighted by molar-refractivity contribution is -0.138. The minimum atomic E-state index is -0.160. The summed E-state index contributed by atoms with van der Waals surface area (Å²) in [7, 11) is 3.71. The number of amides is 2. The summed E-state index contributed by atoms with van der Waals surface area (Å²) in [5, 5.41) is 0. The van der Waals surface area contributed by atoms with E-state index in [2.05, 4.69) is 4.90 Å². The second-order valence-corrected chi connectivity index (χ2v) is 6.34. The third-order valence-electron chi connectivity index (χ3n) is 4.48. The second-order valence-electron chi connectivity index (χ2n) is 6.34. The largest absolute Gasteiger partial charge is 0.488 e. The zero-order valence-electron chi connectivity index (χ0n) is 14.2. The molecule has 2 heterocycles. The Labute approximate surface area is 142 Å². The molecule has 0 saturated carbocycles. The van der Waals surface area contributed by atoms with Gasteiger partial charge in [0.05, 0.1) is 12.1 Å². The van der Waals surface area contributed by atoms with E-state index in [-0.39, 0.29) is 25.0 Å². The van der Waals surface area contributed by atoms with Crippen LogP contribution < -0.4 is 4.74 Å². The predicted molar refractivity (Wildman–Crippen MR) is 91.6 cm³/mol. The highest BCUT2D eigenvalue weighted by Crippen LogP contribution is 2.26. The van der Waals surface area contributed by atoms with Gasteiger partial charge in [-0.25, -0.2) is 0 Å². The van der Waals surface area contributed by atoms with Crippen molar-refractivity contribution >= 4 is 17.9 Å². The van der Waals surface area contributed by atoms with Gasteiger partial charge in [0.15, 0.2) is 0 Å². The smallest absolute Gasteiger partial charge is 0.253 e. The van der Waals surface area contributed by atoms with Gasteiger partial charge in [-0.05, 0) is 19.2 Å². The number of hydrogen-bond donors (Lipinski definition) is 0. The van der Waals surface area contributed by atoms with Gasteiger partial charge in [0.25, 0.3) is 5.91 Å². The molecule has 1 saturated heterocycles. The Bertz CT molecular complexity index is 663. The Morgan fingerprint density at radius 1 is 1.17 bits per heavy atom. The molecule has 2 amide bonds. The summed E-state index contributed by atoms with van der Waals surface area (Å²) < 4.78 is 5.62. The number of benzene rings is 1. The lowest BCUT2D eigenvalue weighted by atomic mass is 10.1. The van der Waals surface area contributed by atoms with E-state index in [1.54, 1.807) is 7.05 Å². The van der Waals surface area contributed by atoms with E-state index in [1.807, 2.05) is 42.3 Å². The number of carbonyl (C=O) groups excluding carboxylic acids is 2. The normalized spacial score (nSPS) is 17.6. The van der Waals surface area contributed by atoms with E-state index in [0.29, 0.717) is 5.57 Å². The third kappa shape index (κ3) is 3.59.